The largest absolute Gasteiger partial charge is 0.381 e. The molecule has 0 spiro atoms. The van der Waals surface area contributed by atoms with Crippen LogP contribution in [0.15, 0.2) is 52.3 Å². The van der Waals surface area contributed by atoms with Crippen LogP contribution in [0.25, 0.3) is 0 Å². The van der Waals surface area contributed by atoms with Gasteiger partial charge in [0.1, 0.15) is 5.82 Å². The van der Waals surface area contributed by atoms with Crippen molar-refractivity contribution in [2.24, 2.45) is 0 Å². The molecule has 2 saturated heterocycles. The highest BCUT2D eigenvalue weighted by molar-refractivity contribution is 7.99. The summed E-state index contributed by atoms with van der Waals surface area (Å²) in [6.07, 6.45) is 2.32. The molecule has 2 aromatic rings. The lowest BCUT2D eigenvalue weighted by molar-refractivity contribution is -0.129. The molecule has 2 heterocycles. The third-order valence-corrected chi connectivity index (χ3v) is 6.92. The molecule has 2 fully saturated rings. The summed E-state index contributed by atoms with van der Waals surface area (Å²) in [7, 11) is 1.69. The fourth-order valence-electron chi connectivity index (χ4n) is 4.22. The van der Waals surface area contributed by atoms with E-state index in [4.69, 9.17) is 14.2 Å². The van der Waals surface area contributed by atoms with Gasteiger partial charge in [0.2, 0.25) is 0 Å². The number of rotatable bonds is 5. The number of ether oxygens (including phenoxy) is 3. The van der Waals surface area contributed by atoms with Crippen molar-refractivity contribution < 1.29 is 23.7 Å². The van der Waals surface area contributed by atoms with E-state index in [1.807, 2.05) is 6.07 Å². The molecule has 2 atom stereocenters. The van der Waals surface area contributed by atoms with Gasteiger partial charge in [-0.3, -0.25) is 0 Å². The highest BCUT2D eigenvalue weighted by Crippen LogP contribution is 2.39. The van der Waals surface area contributed by atoms with E-state index >= 15 is 0 Å². The maximum absolute atomic E-state index is 14.4. The molecule has 0 aliphatic carbocycles. The van der Waals surface area contributed by atoms with Crippen LogP contribution in [0.5, 0.6) is 0 Å². The van der Waals surface area contributed by atoms with Crippen LogP contribution in [0, 0.1) is 5.82 Å². The Bertz CT molecular complexity index is 820. The van der Waals surface area contributed by atoms with Crippen molar-refractivity contribution in [1.29, 1.82) is 0 Å². The molecule has 0 bridgehead atoms. The monoisotopic (exact) mass is 418 g/mol. The Balaban J connectivity index is 1.51. The highest BCUT2D eigenvalue weighted by atomic mass is 32.2. The number of benzene rings is 2. The van der Waals surface area contributed by atoms with Crippen molar-refractivity contribution in [2.75, 3.05) is 26.9 Å². The summed E-state index contributed by atoms with van der Waals surface area (Å²) in [5.74, 6) is 0.0642. The van der Waals surface area contributed by atoms with Crippen LogP contribution in [0.4, 0.5) is 4.39 Å². The first-order valence-electron chi connectivity index (χ1n) is 10.1. The van der Waals surface area contributed by atoms with Crippen molar-refractivity contribution in [3.05, 3.63) is 59.4 Å². The lowest BCUT2D eigenvalue weighted by Crippen LogP contribution is -2.35. The summed E-state index contributed by atoms with van der Waals surface area (Å²) in [5, 5.41) is 9.71. The topological polar surface area (TPSA) is 47.9 Å². The Morgan fingerprint density at radius 2 is 1.83 bits per heavy atom. The molecular weight excluding hydrogens is 391 g/mol. The second-order valence-corrected chi connectivity index (χ2v) is 8.85. The molecule has 2 aliphatic rings. The van der Waals surface area contributed by atoms with E-state index in [1.165, 1.54) is 5.56 Å². The summed E-state index contributed by atoms with van der Waals surface area (Å²) >= 11 is 1.54. The molecule has 2 aliphatic heterocycles. The van der Waals surface area contributed by atoms with Gasteiger partial charge in [0.05, 0.1) is 12.2 Å². The van der Waals surface area contributed by atoms with E-state index in [0.29, 0.717) is 32.2 Å². The molecule has 2 unspecified atom stereocenters. The first-order valence-corrected chi connectivity index (χ1v) is 10.9. The lowest BCUT2D eigenvalue weighted by atomic mass is 9.86. The van der Waals surface area contributed by atoms with E-state index in [0.717, 1.165) is 34.6 Å². The normalized spacial score (nSPS) is 24.4. The molecule has 156 valence electrons. The fraction of sp³-hybridized carbons (Fsp3) is 0.478. The van der Waals surface area contributed by atoms with Crippen molar-refractivity contribution in [2.45, 2.75) is 53.3 Å². The van der Waals surface area contributed by atoms with E-state index in [1.54, 1.807) is 31.0 Å². The molecule has 0 aromatic heterocycles. The van der Waals surface area contributed by atoms with E-state index in [-0.39, 0.29) is 5.82 Å². The predicted molar refractivity (Wildman–Crippen MR) is 110 cm³/mol. The molecule has 0 radical (unpaired) electrons. The standard InChI is InChI=1S/C23H27FO4S/c1-26-23(7-10-27-11-8-23)18-13-19(24)15-21(14-18)29-20-4-2-16(3-5-20)17-6-9-28-22(25)12-17/h2-5,13-15,17,22,25H,6-12H2,1H3. The minimum absolute atomic E-state index is 0.249. The van der Waals surface area contributed by atoms with Gasteiger partial charge in [0, 0.05) is 49.4 Å². The Labute approximate surface area is 175 Å². The number of methoxy groups -OCH3 is 1. The van der Waals surface area contributed by atoms with Crippen LogP contribution in [0.3, 0.4) is 0 Å². The highest BCUT2D eigenvalue weighted by Gasteiger charge is 2.35. The summed E-state index contributed by atoms with van der Waals surface area (Å²) < 4.78 is 30.9. The average Bonchev–Trinajstić information content (AvgIpc) is 2.74. The molecule has 29 heavy (non-hydrogen) atoms. The molecule has 0 saturated carbocycles. The van der Waals surface area contributed by atoms with Gasteiger partial charge in [0.25, 0.3) is 0 Å². The van der Waals surface area contributed by atoms with Gasteiger partial charge in [-0.05, 0) is 53.8 Å². The third-order valence-electron chi connectivity index (χ3n) is 5.94. The SMILES string of the molecule is COC1(c2cc(F)cc(Sc3ccc(C4CCOC(O)C4)cc3)c2)CCOCC1. The number of hydrogen-bond acceptors (Lipinski definition) is 5. The molecular formula is C23H27FO4S. The van der Waals surface area contributed by atoms with Gasteiger partial charge in [-0.15, -0.1) is 0 Å². The summed E-state index contributed by atoms with van der Waals surface area (Å²) in [5.41, 5.74) is 1.60. The van der Waals surface area contributed by atoms with Gasteiger partial charge in [-0.2, -0.15) is 0 Å². The van der Waals surface area contributed by atoms with Gasteiger partial charge in [-0.25, -0.2) is 4.39 Å². The zero-order valence-corrected chi connectivity index (χ0v) is 17.4. The minimum Gasteiger partial charge on any atom is -0.381 e. The number of hydrogen-bond donors (Lipinski definition) is 1. The van der Waals surface area contributed by atoms with Crippen molar-refractivity contribution >= 4 is 11.8 Å². The van der Waals surface area contributed by atoms with E-state index < -0.39 is 11.9 Å². The van der Waals surface area contributed by atoms with Crippen LogP contribution in [0.2, 0.25) is 0 Å². The number of aliphatic hydroxyl groups is 1. The second-order valence-electron chi connectivity index (χ2n) is 7.70. The zero-order valence-electron chi connectivity index (χ0n) is 16.6. The van der Waals surface area contributed by atoms with E-state index in [9.17, 15) is 9.50 Å². The van der Waals surface area contributed by atoms with Gasteiger partial charge < -0.3 is 19.3 Å². The molecule has 4 nitrogen and oxygen atoms in total. The maximum atomic E-state index is 14.4. The first kappa shape index (κ1) is 20.8. The van der Waals surface area contributed by atoms with E-state index in [2.05, 4.69) is 24.3 Å². The maximum Gasteiger partial charge on any atom is 0.155 e. The Hall–Kier alpha value is -1.44. The third kappa shape index (κ3) is 4.84. The summed E-state index contributed by atoms with van der Waals surface area (Å²) in [4.78, 5) is 1.91. The minimum atomic E-state index is -0.674. The van der Waals surface area contributed by atoms with Gasteiger partial charge in [0.15, 0.2) is 6.29 Å². The van der Waals surface area contributed by atoms with Crippen LogP contribution >= 0.6 is 11.8 Å². The summed E-state index contributed by atoms with van der Waals surface area (Å²) in [6.45, 7) is 1.82. The molecule has 0 amide bonds. The Kier molecular flexibility index (Phi) is 6.56. The van der Waals surface area contributed by atoms with Crippen LogP contribution in [-0.4, -0.2) is 38.3 Å². The molecule has 6 heteroatoms. The van der Waals surface area contributed by atoms with Crippen molar-refractivity contribution in [1.82, 2.24) is 0 Å². The summed E-state index contributed by atoms with van der Waals surface area (Å²) in [6, 6.07) is 13.5. The quantitative estimate of drug-likeness (QED) is 0.753. The number of aliphatic hydroxyl groups excluding tert-OH is 1. The molecule has 1 N–H and O–H groups in total. The van der Waals surface area contributed by atoms with Crippen LogP contribution in [0.1, 0.15) is 42.7 Å². The predicted octanol–water partition coefficient (Wildman–Crippen LogP) is 4.84. The molecule has 4 rings (SSSR count). The number of halogens is 1. The Morgan fingerprint density at radius 3 is 2.52 bits per heavy atom. The van der Waals surface area contributed by atoms with Crippen molar-refractivity contribution in [3.63, 3.8) is 0 Å². The van der Waals surface area contributed by atoms with Gasteiger partial charge >= 0.3 is 0 Å². The van der Waals surface area contributed by atoms with Crippen molar-refractivity contribution in [3.8, 4) is 0 Å². The first-order chi connectivity index (χ1) is 14.1. The Morgan fingerprint density at radius 1 is 1.07 bits per heavy atom. The smallest absolute Gasteiger partial charge is 0.155 e. The van der Waals surface area contributed by atoms with Crippen LogP contribution < -0.4 is 0 Å². The fourth-order valence-corrected chi connectivity index (χ4v) is 5.12. The second kappa shape index (κ2) is 9.14. The average molecular weight is 419 g/mol. The lowest BCUT2D eigenvalue weighted by Gasteiger charge is -2.36. The van der Waals surface area contributed by atoms with Gasteiger partial charge in [-0.1, -0.05) is 23.9 Å². The zero-order chi connectivity index (χ0) is 20.3. The molecule has 2 aromatic carbocycles. The van der Waals surface area contributed by atoms with Crippen LogP contribution in [-0.2, 0) is 19.8 Å².